The molecule has 0 aromatic heterocycles. The minimum atomic E-state index is -4.39. The lowest BCUT2D eigenvalue weighted by molar-refractivity contribution is -0.137. The van der Waals surface area contributed by atoms with Crippen molar-refractivity contribution in [3.8, 4) is 5.75 Å². The lowest BCUT2D eigenvalue weighted by atomic mass is 9.84. The normalized spacial score (nSPS) is 18.6. The Bertz CT molecular complexity index is 784. The number of benzene rings is 2. The Morgan fingerprint density at radius 1 is 1.11 bits per heavy atom. The quantitative estimate of drug-likeness (QED) is 0.810. The molecule has 152 valence electrons. The number of piperidine rings is 1. The molecule has 0 spiro atoms. The summed E-state index contributed by atoms with van der Waals surface area (Å²) in [5, 5.41) is 21.4. The standard InChI is InChI=1S/C21H24F3NO3/c1-28-18-4-2-3-15(13-18)19(26)14-25-11-9-20(27,10-12-25)16-5-7-17(8-6-16)21(22,23)24/h2-8,13,19,26-27H,9-12,14H2,1H3/t19-/m0/s1. The van der Waals surface area contributed by atoms with Crippen LogP contribution in [-0.4, -0.2) is 41.9 Å². The Morgan fingerprint density at radius 2 is 1.75 bits per heavy atom. The zero-order valence-electron chi connectivity index (χ0n) is 15.6. The second-order valence-corrected chi connectivity index (χ2v) is 7.20. The Labute approximate surface area is 162 Å². The maximum atomic E-state index is 12.7. The number of ether oxygens (including phenoxy) is 1. The molecule has 1 saturated heterocycles. The van der Waals surface area contributed by atoms with Crippen LogP contribution >= 0.6 is 0 Å². The summed E-state index contributed by atoms with van der Waals surface area (Å²) in [5.41, 5.74) is -0.628. The van der Waals surface area contributed by atoms with Crippen LogP contribution in [0.15, 0.2) is 48.5 Å². The fraction of sp³-hybridized carbons (Fsp3) is 0.429. The van der Waals surface area contributed by atoms with Crippen LogP contribution in [0.5, 0.6) is 5.75 Å². The molecule has 1 aliphatic rings. The lowest BCUT2D eigenvalue weighted by Crippen LogP contribution is -2.44. The molecule has 1 fully saturated rings. The number of halogens is 3. The number of alkyl halides is 3. The molecule has 0 saturated carbocycles. The van der Waals surface area contributed by atoms with E-state index in [2.05, 4.69) is 0 Å². The monoisotopic (exact) mass is 395 g/mol. The highest BCUT2D eigenvalue weighted by atomic mass is 19.4. The topological polar surface area (TPSA) is 52.9 Å². The van der Waals surface area contributed by atoms with Crippen LogP contribution < -0.4 is 4.74 Å². The van der Waals surface area contributed by atoms with Crippen molar-refractivity contribution in [3.63, 3.8) is 0 Å². The molecule has 1 aliphatic heterocycles. The molecule has 2 N–H and O–H groups in total. The van der Waals surface area contributed by atoms with Crippen molar-refractivity contribution in [1.82, 2.24) is 4.90 Å². The number of methoxy groups -OCH3 is 1. The second kappa shape index (κ2) is 8.11. The summed E-state index contributed by atoms with van der Waals surface area (Å²) in [7, 11) is 1.57. The number of likely N-dealkylation sites (tertiary alicyclic amines) is 1. The molecule has 0 unspecified atom stereocenters. The molecule has 0 radical (unpaired) electrons. The van der Waals surface area contributed by atoms with E-state index in [1.807, 2.05) is 17.0 Å². The fourth-order valence-electron chi connectivity index (χ4n) is 3.56. The number of nitrogens with zero attached hydrogens (tertiary/aromatic N) is 1. The summed E-state index contributed by atoms with van der Waals surface area (Å²) in [6, 6.07) is 12.0. The van der Waals surface area contributed by atoms with Crippen LogP contribution in [0.4, 0.5) is 13.2 Å². The summed E-state index contributed by atoms with van der Waals surface area (Å²) >= 11 is 0. The van der Waals surface area contributed by atoms with E-state index >= 15 is 0 Å². The van der Waals surface area contributed by atoms with Gasteiger partial charge in [0.25, 0.3) is 0 Å². The van der Waals surface area contributed by atoms with Gasteiger partial charge < -0.3 is 19.8 Å². The molecule has 0 aliphatic carbocycles. The fourth-order valence-corrected chi connectivity index (χ4v) is 3.56. The maximum absolute atomic E-state index is 12.7. The molecule has 0 amide bonds. The van der Waals surface area contributed by atoms with Gasteiger partial charge in [-0.3, -0.25) is 0 Å². The zero-order chi connectivity index (χ0) is 20.4. The van der Waals surface area contributed by atoms with Gasteiger partial charge in [-0.25, -0.2) is 0 Å². The van der Waals surface area contributed by atoms with Crippen molar-refractivity contribution < 1.29 is 28.1 Å². The van der Waals surface area contributed by atoms with E-state index in [0.717, 1.165) is 17.7 Å². The molecule has 1 heterocycles. The Balaban J connectivity index is 1.60. The van der Waals surface area contributed by atoms with Crippen LogP contribution in [0, 0.1) is 0 Å². The summed E-state index contributed by atoms with van der Waals surface area (Å²) in [6.07, 6.45) is -4.29. The number of rotatable bonds is 5. The predicted octanol–water partition coefficient (Wildman–Crippen LogP) is 3.73. The number of β-amino-alcohol motifs (C(OH)–C–C–N with tert-alkyl or cyclic N) is 1. The number of aliphatic hydroxyl groups excluding tert-OH is 1. The molecule has 7 heteroatoms. The van der Waals surface area contributed by atoms with Crippen molar-refractivity contribution in [2.75, 3.05) is 26.7 Å². The first-order valence-corrected chi connectivity index (χ1v) is 9.16. The molecule has 1 atom stereocenters. The van der Waals surface area contributed by atoms with E-state index in [0.29, 0.717) is 43.8 Å². The highest BCUT2D eigenvalue weighted by Gasteiger charge is 2.36. The Morgan fingerprint density at radius 3 is 2.32 bits per heavy atom. The van der Waals surface area contributed by atoms with E-state index in [4.69, 9.17) is 4.74 Å². The molecule has 3 rings (SSSR count). The average Bonchev–Trinajstić information content (AvgIpc) is 2.69. The molecule has 2 aromatic rings. The predicted molar refractivity (Wildman–Crippen MR) is 99.0 cm³/mol. The van der Waals surface area contributed by atoms with Crippen molar-refractivity contribution in [1.29, 1.82) is 0 Å². The van der Waals surface area contributed by atoms with Crippen LogP contribution in [0.25, 0.3) is 0 Å². The second-order valence-electron chi connectivity index (χ2n) is 7.20. The van der Waals surface area contributed by atoms with Crippen LogP contribution in [0.3, 0.4) is 0 Å². The smallest absolute Gasteiger partial charge is 0.416 e. The third kappa shape index (κ3) is 4.66. The largest absolute Gasteiger partial charge is 0.497 e. The average molecular weight is 395 g/mol. The maximum Gasteiger partial charge on any atom is 0.416 e. The van der Waals surface area contributed by atoms with Crippen LogP contribution in [0.1, 0.15) is 35.6 Å². The third-order valence-corrected chi connectivity index (χ3v) is 5.34. The summed E-state index contributed by atoms with van der Waals surface area (Å²) < 4.78 is 43.3. The zero-order valence-corrected chi connectivity index (χ0v) is 15.6. The van der Waals surface area contributed by atoms with E-state index in [1.54, 1.807) is 19.2 Å². The highest BCUT2D eigenvalue weighted by molar-refractivity contribution is 5.31. The lowest BCUT2D eigenvalue weighted by Gasteiger charge is -2.39. The van der Waals surface area contributed by atoms with Gasteiger partial charge >= 0.3 is 6.18 Å². The van der Waals surface area contributed by atoms with E-state index in [9.17, 15) is 23.4 Å². The molecule has 28 heavy (non-hydrogen) atoms. The molecular formula is C21H24F3NO3. The summed E-state index contributed by atoms with van der Waals surface area (Å²) in [6.45, 7) is 1.49. The summed E-state index contributed by atoms with van der Waals surface area (Å²) in [4.78, 5) is 2.04. The summed E-state index contributed by atoms with van der Waals surface area (Å²) in [5.74, 6) is 0.673. The van der Waals surface area contributed by atoms with Crippen LogP contribution in [0.2, 0.25) is 0 Å². The van der Waals surface area contributed by atoms with Gasteiger partial charge in [-0.1, -0.05) is 24.3 Å². The van der Waals surface area contributed by atoms with Crippen molar-refractivity contribution in [2.45, 2.75) is 30.7 Å². The highest BCUT2D eigenvalue weighted by Crippen LogP contribution is 2.36. The minimum absolute atomic E-state index is 0.392. The molecular weight excluding hydrogens is 371 g/mol. The van der Waals surface area contributed by atoms with E-state index in [1.165, 1.54) is 12.1 Å². The first-order valence-electron chi connectivity index (χ1n) is 9.16. The molecule has 4 nitrogen and oxygen atoms in total. The van der Waals surface area contributed by atoms with Crippen molar-refractivity contribution in [2.24, 2.45) is 0 Å². The van der Waals surface area contributed by atoms with Crippen molar-refractivity contribution in [3.05, 3.63) is 65.2 Å². The third-order valence-electron chi connectivity index (χ3n) is 5.34. The van der Waals surface area contributed by atoms with E-state index in [-0.39, 0.29) is 0 Å². The Kier molecular flexibility index (Phi) is 5.98. The van der Waals surface area contributed by atoms with Gasteiger partial charge in [0.05, 0.1) is 24.4 Å². The molecule has 2 aromatic carbocycles. The van der Waals surface area contributed by atoms with Crippen LogP contribution in [-0.2, 0) is 11.8 Å². The first kappa shape index (κ1) is 20.6. The number of hydrogen-bond acceptors (Lipinski definition) is 4. The van der Waals surface area contributed by atoms with Gasteiger partial charge in [-0.15, -0.1) is 0 Å². The molecule has 0 bridgehead atoms. The first-order chi connectivity index (χ1) is 13.2. The van der Waals surface area contributed by atoms with E-state index < -0.39 is 23.4 Å². The SMILES string of the molecule is COc1cccc([C@@H](O)CN2CCC(O)(c3ccc(C(F)(F)F)cc3)CC2)c1. The minimum Gasteiger partial charge on any atom is -0.497 e. The van der Waals surface area contributed by atoms with Gasteiger partial charge in [-0.2, -0.15) is 13.2 Å². The number of aliphatic hydroxyl groups is 2. The van der Waals surface area contributed by atoms with Gasteiger partial charge in [0.15, 0.2) is 0 Å². The van der Waals surface area contributed by atoms with Gasteiger partial charge in [0.1, 0.15) is 5.75 Å². The van der Waals surface area contributed by atoms with Gasteiger partial charge in [0.2, 0.25) is 0 Å². The van der Waals surface area contributed by atoms with Gasteiger partial charge in [0, 0.05) is 19.6 Å². The van der Waals surface area contributed by atoms with Gasteiger partial charge in [-0.05, 0) is 48.2 Å². The van der Waals surface area contributed by atoms with Crippen molar-refractivity contribution >= 4 is 0 Å². The number of hydrogen-bond donors (Lipinski definition) is 2. The Hall–Kier alpha value is -2.09.